The number of carboxylic acids is 1. The molecular formula is C18H26O2. The normalized spacial score (nSPS) is 49.5. The van der Waals surface area contributed by atoms with E-state index in [0.717, 1.165) is 30.6 Å². The summed E-state index contributed by atoms with van der Waals surface area (Å²) in [6.45, 7) is 0. The van der Waals surface area contributed by atoms with Gasteiger partial charge in [-0.3, -0.25) is 4.79 Å². The zero-order valence-electron chi connectivity index (χ0n) is 12.3. The predicted molar refractivity (Wildman–Crippen MR) is 78.3 cm³/mol. The van der Waals surface area contributed by atoms with Gasteiger partial charge >= 0.3 is 5.97 Å². The Hall–Kier alpha value is -0.790. The van der Waals surface area contributed by atoms with Crippen molar-refractivity contribution in [2.24, 2.45) is 28.6 Å². The van der Waals surface area contributed by atoms with Gasteiger partial charge in [-0.25, -0.2) is 0 Å². The number of carboxylic acid groups (broad SMARTS) is 1. The Bertz CT molecular complexity index is 415. The van der Waals surface area contributed by atoms with Crippen LogP contribution in [0, 0.1) is 28.6 Å². The standard InChI is InChI=1S/C18H26O2/c19-16(20)12-17(4-2-1-3-5-17)18-9-13-6-14(10-18)8-15(7-13)11-18/h2,4,13-15H,1,3,5-12H2,(H,19,20). The maximum atomic E-state index is 11.5. The van der Waals surface area contributed by atoms with E-state index in [1.54, 1.807) is 0 Å². The van der Waals surface area contributed by atoms with Gasteiger partial charge in [-0.05, 0) is 81.0 Å². The van der Waals surface area contributed by atoms with Crippen molar-refractivity contribution in [3.05, 3.63) is 12.2 Å². The second kappa shape index (κ2) is 4.35. The summed E-state index contributed by atoms with van der Waals surface area (Å²) in [6, 6.07) is 0. The Morgan fingerprint density at radius 1 is 1.10 bits per heavy atom. The van der Waals surface area contributed by atoms with Gasteiger partial charge in [0.25, 0.3) is 0 Å². The van der Waals surface area contributed by atoms with Crippen LogP contribution in [0.15, 0.2) is 12.2 Å². The minimum atomic E-state index is -0.590. The molecule has 4 bridgehead atoms. The van der Waals surface area contributed by atoms with Gasteiger partial charge in [0.15, 0.2) is 0 Å². The van der Waals surface area contributed by atoms with Crippen molar-refractivity contribution in [3.8, 4) is 0 Å². The summed E-state index contributed by atoms with van der Waals surface area (Å²) in [7, 11) is 0. The minimum Gasteiger partial charge on any atom is -0.481 e. The van der Waals surface area contributed by atoms with E-state index in [-0.39, 0.29) is 5.41 Å². The van der Waals surface area contributed by atoms with Gasteiger partial charge in [0.2, 0.25) is 0 Å². The third kappa shape index (κ3) is 1.79. The van der Waals surface area contributed by atoms with E-state index in [4.69, 9.17) is 0 Å². The summed E-state index contributed by atoms with van der Waals surface area (Å²) in [4.78, 5) is 11.5. The topological polar surface area (TPSA) is 37.3 Å². The molecule has 2 heteroatoms. The second-order valence-corrected chi connectivity index (χ2v) is 8.22. The first-order valence-electron chi connectivity index (χ1n) is 8.50. The molecule has 0 aromatic carbocycles. The Labute approximate surface area is 121 Å². The third-order valence-electron chi connectivity index (χ3n) is 6.99. The second-order valence-electron chi connectivity index (χ2n) is 8.22. The third-order valence-corrected chi connectivity index (χ3v) is 6.99. The van der Waals surface area contributed by atoms with Crippen molar-refractivity contribution in [2.75, 3.05) is 0 Å². The first kappa shape index (κ1) is 12.9. The molecule has 4 fully saturated rings. The highest BCUT2D eigenvalue weighted by Gasteiger charge is 2.59. The van der Waals surface area contributed by atoms with Crippen LogP contribution in [0.4, 0.5) is 0 Å². The molecule has 0 aromatic heterocycles. The van der Waals surface area contributed by atoms with Gasteiger partial charge in [-0.1, -0.05) is 12.2 Å². The number of allylic oxidation sites excluding steroid dienone is 2. The first-order chi connectivity index (χ1) is 9.61. The predicted octanol–water partition coefficient (Wildman–Crippen LogP) is 4.40. The quantitative estimate of drug-likeness (QED) is 0.774. The van der Waals surface area contributed by atoms with E-state index >= 15 is 0 Å². The molecule has 0 saturated heterocycles. The van der Waals surface area contributed by atoms with Crippen LogP contribution in [-0.2, 0) is 4.79 Å². The first-order valence-corrected chi connectivity index (χ1v) is 8.50. The molecule has 1 unspecified atom stereocenters. The summed E-state index contributed by atoms with van der Waals surface area (Å²) < 4.78 is 0. The van der Waals surface area contributed by atoms with Crippen molar-refractivity contribution in [3.63, 3.8) is 0 Å². The number of rotatable bonds is 3. The molecule has 5 rings (SSSR count). The Morgan fingerprint density at radius 3 is 2.15 bits per heavy atom. The van der Waals surface area contributed by atoms with Crippen LogP contribution >= 0.6 is 0 Å². The van der Waals surface area contributed by atoms with E-state index < -0.39 is 5.97 Å². The zero-order valence-corrected chi connectivity index (χ0v) is 12.3. The molecule has 0 radical (unpaired) electrons. The van der Waals surface area contributed by atoms with Gasteiger partial charge in [-0.15, -0.1) is 0 Å². The van der Waals surface area contributed by atoms with E-state index in [0.29, 0.717) is 11.8 Å². The molecule has 0 heterocycles. The fraction of sp³-hybridized carbons (Fsp3) is 0.833. The molecule has 0 aromatic rings. The van der Waals surface area contributed by atoms with E-state index in [9.17, 15) is 9.90 Å². The summed E-state index contributed by atoms with van der Waals surface area (Å²) in [6.07, 6.45) is 16.7. The number of hydrogen-bond donors (Lipinski definition) is 1. The van der Waals surface area contributed by atoms with Crippen LogP contribution in [0.5, 0.6) is 0 Å². The SMILES string of the molecule is O=C(O)CC1(C23CC4CC(CC(C4)C2)C3)C=CCCC1. The van der Waals surface area contributed by atoms with Crippen molar-refractivity contribution in [1.82, 2.24) is 0 Å². The average Bonchev–Trinajstić information content (AvgIpc) is 2.37. The van der Waals surface area contributed by atoms with Crippen molar-refractivity contribution >= 4 is 5.97 Å². The Balaban J connectivity index is 1.73. The van der Waals surface area contributed by atoms with Crippen LogP contribution in [-0.4, -0.2) is 11.1 Å². The van der Waals surface area contributed by atoms with Gasteiger partial charge in [0.05, 0.1) is 6.42 Å². The molecule has 1 atom stereocenters. The van der Waals surface area contributed by atoms with Crippen LogP contribution < -0.4 is 0 Å². The van der Waals surface area contributed by atoms with Crippen LogP contribution in [0.25, 0.3) is 0 Å². The van der Waals surface area contributed by atoms with Gasteiger partial charge in [-0.2, -0.15) is 0 Å². The molecule has 0 aliphatic heterocycles. The van der Waals surface area contributed by atoms with Crippen molar-refractivity contribution in [1.29, 1.82) is 0 Å². The Kier molecular flexibility index (Phi) is 2.81. The summed E-state index contributed by atoms with van der Waals surface area (Å²) in [5.41, 5.74) is 0.310. The fourth-order valence-corrected chi connectivity index (χ4v) is 6.69. The van der Waals surface area contributed by atoms with Crippen molar-refractivity contribution < 1.29 is 9.90 Å². The average molecular weight is 274 g/mol. The molecule has 5 aliphatic carbocycles. The Morgan fingerprint density at radius 2 is 1.70 bits per heavy atom. The van der Waals surface area contributed by atoms with E-state index in [2.05, 4.69) is 12.2 Å². The molecule has 4 saturated carbocycles. The van der Waals surface area contributed by atoms with Crippen LogP contribution in [0.2, 0.25) is 0 Å². The van der Waals surface area contributed by atoms with E-state index in [1.807, 2.05) is 0 Å². The van der Waals surface area contributed by atoms with Crippen LogP contribution in [0.3, 0.4) is 0 Å². The maximum Gasteiger partial charge on any atom is 0.304 e. The van der Waals surface area contributed by atoms with Gasteiger partial charge in [0.1, 0.15) is 0 Å². The highest BCUT2D eigenvalue weighted by atomic mass is 16.4. The highest BCUT2D eigenvalue weighted by molar-refractivity contribution is 5.68. The maximum absolute atomic E-state index is 11.5. The smallest absolute Gasteiger partial charge is 0.304 e. The monoisotopic (exact) mass is 274 g/mol. The number of hydrogen-bond acceptors (Lipinski definition) is 1. The van der Waals surface area contributed by atoms with E-state index in [1.165, 1.54) is 44.9 Å². The highest BCUT2D eigenvalue weighted by Crippen LogP contribution is 2.68. The van der Waals surface area contributed by atoms with Crippen LogP contribution in [0.1, 0.15) is 64.2 Å². The minimum absolute atomic E-state index is 0.0207. The number of aliphatic carboxylic acids is 1. The molecule has 0 amide bonds. The molecule has 0 spiro atoms. The zero-order chi connectivity index (χ0) is 13.8. The molecule has 2 nitrogen and oxygen atoms in total. The molecule has 5 aliphatic rings. The fourth-order valence-electron chi connectivity index (χ4n) is 6.69. The molecule has 110 valence electrons. The molecule has 20 heavy (non-hydrogen) atoms. The van der Waals surface area contributed by atoms with Gasteiger partial charge < -0.3 is 5.11 Å². The van der Waals surface area contributed by atoms with Crippen molar-refractivity contribution in [2.45, 2.75) is 64.2 Å². The largest absolute Gasteiger partial charge is 0.481 e. The lowest BCUT2D eigenvalue weighted by atomic mass is 9.41. The lowest BCUT2D eigenvalue weighted by molar-refractivity contribution is -0.152. The number of carbonyl (C=O) groups is 1. The summed E-state index contributed by atoms with van der Waals surface area (Å²) in [5, 5.41) is 9.50. The van der Waals surface area contributed by atoms with Gasteiger partial charge in [0, 0.05) is 5.41 Å². The summed E-state index contributed by atoms with van der Waals surface area (Å²) in [5.74, 6) is 2.12. The lowest BCUT2D eigenvalue weighted by Crippen LogP contribution is -2.55. The molecular weight excluding hydrogens is 248 g/mol. The lowest BCUT2D eigenvalue weighted by Gasteiger charge is -2.63. The summed E-state index contributed by atoms with van der Waals surface area (Å²) >= 11 is 0. The molecule has 1 N–H and O–H groups in total.